The summed E-state index contributed by atoms with van der Waals surface area (Å²) < 4.78 is 47.1. The highest BCUT2D eigenvalue weighted by molar-refractivity contribution is 6.36. The molecule has 2 aliphatic rings. The summed E-state index contributed by atoms with van der Waals surface area (Å²) in [5.41, 5.74) is -4.02. The minimum atomic E-state index is -2.33. The Morgan fingerprint density at radius 3 is 0.683 bits per heavy atom. The van der Waals surface area contributed by atoms with Crippen LogP contribution in [0, 0.1) is 27.7 Å². The van der Waals surface area contributed by atoms with Crippen LogP contribution in [-0.4, -0.2) is 140 Å². The third-order valence-electron chi connectivity index (χ3n) is 21.9. The Morgan fingerprint density at radius 1 is 0.275 bits per heavy atom. The molecule has 618 valence electrons. The van der Waals surface area contributed by atoms with Gasteiger partial charge in [0.1, 0.15) is 22.6 Å². The number of hydrogen-bond acceptors (Lipinski definition) is 22. The number of H-pyrrole nitrogens is 2. The van der Waals surface area contributed by atoms with Crippen LogP contribution in [0.1, 0.15) is 122 Å². The molecule has 8 aromatic carbocycles. The minimum absolute atomic E-state index is 0.0359. The summed E-state index contributed by atoms with van der Waals surface area (Å²) in [7, 11) is 0. The third kappa shape index (κ3) is 15.4. The molecule has 3 aromatic heterocycles. The molecule has 2 aliphatic heterocycles. The van der Waals surface area contributed by atoms with Crippen molar-refractivity contribution in [2.75, 3.05) is 52.9 Å². The molecule has 0 saturated carbocycles. The van der Waals surface area contributed by atoms with Gasteiger partial charge < -0.3 is 47.9 Å². The van der Waals surface area contributed by atoms with Crippen molar-refractivity contribution in [2.45, 2.75) is 130 Å². The van der Waals surface area contributed by atoms with Crippen LogP contribution >= 0.6 is 46.4 Å². The van der Waals surface area contributed by atoms with E-state index in [1.807, 2.05) is 76.2 Å². The summed E-state index contributed by atoms with van der Waals surface area (Å²) in [4.78, 5) is 161. The van der Waals surface area contributed by atoms with E-state index in [0.29, 0.717) is 22.3 Å². The fourth-order valence-corrected chi connectivity index (χ4v) is 17.1. The van der Waals surface area contributed by atoms with Crippen molar-refractivity contribution in [3.05, 3.63) is 232 Å². The number of benzene rings is 8. The molecular weight excluding hydrogens is 1610 g/mol. The maximum Gasteiger partial charge on any atom is 0.328 e. The van der Waals surface area contributed by atoms with E-state index < -0.39 is 69.4 Å². The Bertz CT molecular complexity index is 5740. The van der Waals surface area contributed by atoms with E-state index in [9.17, 15) is 0 Å². The van der Waals surface area contributed by atoms with Gasteiger partial charge in [-0.25, -0.2) is 29.9 Å². The second-order valence-corrected chi connectivity index (χ2v) is 30.5. The van der Waals surface area contributed by atoms with Gasteiger partial charge >= 0.3 is 47.8 Å². The number of esters is 8. The summed E-state index contributed by atoms with van der Waals surface area (Å²) in [6, 6.07) is 40.8. The zero-order valence-electron chi connectivity index (χ0n) is 68.1. The topological polar surface area (TPSA) is 319 Å². The molecule has 5 heterocycles. The van der Waals surface area contributed by atoms with Crippen LogP contribution in [0.25, 0.3) is 89.7 Å². The highest BCUT2D eigenvalue weighted by Gasteiger charge is 2.57. The summed E-state index contributed by atoms with van der Waals surface area (Å²) >= 11 is 30.8. The molecule has 120 heavy (non-hydrogen) atoms. The number of carbonyl (C=O) groups is 8. The number of aromatic amines is 2. The van der Waals surface area contributed by atoms with E-state index in [1.165, 1.54) is 48.5 Å². The predicted octanol–water partition coefficient (Wildman–Crippen LogP) is 17.1. The zero-order chi connectivity index (χ0) is 85.9. The molecule has 0 aliphatic carbocycles. The average Bonchev–Trinajstić information content (AvgIpc) is 1.63. The molecule has 0 spiro atoms. The van der Waals surface area contributed by atoms with E-state index in [-0.39, 0.29) is 211 Å². The van der Waals surface area contributed by atoms with E-state index >= 15 is 38.4 Å². The number of nitrogens with zero attached hydrogens (tertiary/aromatic N) is 6. The van der Waals surface area contributed by atoms with Crippen LogP contribution in [0.15, 0.2) is 146 Å². The molecule has 24 nitrogen and oxygen atoms in total. The molecule has 11 aromatic rings. The Labute approximate surface area is 711 Å². The number of carbonyl (C=O) groups excluding carboxylic acids is 8. The zero-order valence-corrected chi connectivity index (χ0v) is 71.1. The normalized spacial score (nSPS) is 12.0. The molecule has 0 unspecified atom stereocenters. The lowest BCUT2D eigenvalue weighted by molar-refractivity contribution is -0.166. The van der Waals surface area contributed by atoms with Gasteiger partial charge in [0, 0.05) is 112 Å². The number of hydrogen-bond donors (Lipinski definition) is 2. The number of fused-ring (bicyclic) bond motifs is 20. The number of ether oxygens (including phenoxy) is 8. The lowest BCUT2D eigenvalue weighted by atomic mass is 9.73. The van der Waals surface area contributed by atoms with Crippen molar-refractivity contribution in [1.82, 2.24) is 39.9 Å². The minimum Gasteiger partial charge on any atom is -0.465 e. The Balaban J connectivity index is 1.24. The molecule has 0 radical (unpaired) electrons. The van der Waals surface area contributed by atoms with E-state index in [1.54, 1.807) is 104 Å². The third-order valence-corrected chi connectivity index (χ3v) is 23.1. The summed E-state index contributed by atoms with van der Waals surface area (Å²) in [6.45, 7) is 18.8. The highest BCUT2D eigenvalue weighted by atomic mass is 35.5. The van der Waals surface area contributed by atoms with Gasteiger partial charge in [0.15, 0.2) is 45.0 Å². The van der Waals surface area contributed by atoms with Crippen LogP contribution < -0.4 is 0 Å². The lowest BCUT2D eigenvalue weighted by Crippen LogP contribution is -2.48. The van der Waals surface area contributed by atoms with Crippen LogP contribution in [0.5, 0.6) is 0 Å². The number of aryl methyl sites for hydroxylation is 4. The molecule has 0 saturated heterocycles. The van der Waals surface area contributed by atoms with Gasteiger partial charge in [0.25, 0.3) is 0 Å². The molecule has 0 fully saturated rings. The van der Waals surface area contributed by atoms with Crippen LogP contribution in [0.2, 0.25) is 20.1 Å². The van der Waals surface area contributed by atoms with Crippen molar-refractivity contribution in [3.8, 4) is 45.6 Å². The molecule has 8 bridgehead atoms. The van der Waals surface area contributed by atoms with E-state index in [4.69, 9.17) is 114 Å². The lowest BCUT2D eigenvalue weighted by Gasteiger charge is -2.31. The fraction of sp³-hybridized carbons (Fsp3) is 0.304. The van der Waals surface area contributed by atoms with Gasteiger partial charge in [-0.05, 0) is 176 Å². The summed E-state index contributed by atoms with van der Waals surface area (Å²) in [5.74, 6) is -8.42. The first-order valence-corrected chi connectivity index (χ1v) is 40.9. The van der Waals surface area contributed by atoms with Gasteiger partial charge in [-0.1, -0.05) is 143 Å². The molecule has 0 atom stereocenters. The SMILES string of the molecule is CCOC(=O)C(Cc1ccccc1C)(C(=O)OCC)c1cc2c(cc1Cl)-c1nc-2nc2[nH]c(nc3nc(nc4[nH]c(n1)c1cc(C(Cc5ccccc5C)(C(=O)OCC)C(=O)OCC)c(Cl)cc41)-c1cc(C(Cc4ccccc4C)(C(=O)OCC)C(=O)OCC)c(Cl)cc1-3)c1cc(C(Cc3ccccc3C)(C(=O)OCC)C(=O)OCC)c(Cl)cc21. The van der Waals surface area contributed by atoms with Crippen LogP contribution in [0.4, 0.5) is 0 Å². The van der Waals surface area contributed by atoms with Crippen molar-refractivity contribution < 1.29 is 76.3 Å². The van der Waals surface area contributed by atoms with Gasteiger partial charge in [0.2, 0.25) is 0 Å². The number of nitrogens with one attached hydrogen (secondary N) is 2. The second-order valence-electron chi connectivity index (χ2n) is 28.9. The fourth-order valence-electron chi connectivity index (χ4n) is 15.8. The van der Waals surface area contributed by atoms with Crippen LogP contribution in [0.3, 0.4) is 0 Å². The van der Waals surface area contributed by atoms with Gasteiger partial charge in [-0.15, -0.1) is 0 Å². The number of aromatic nitrogens is 8. The maximum atomic E-state index is 15.3. The van der Waals surface area contributed by atoms with E-state index in [2.05, 4.69) is 9.97 Å². The Kier molecular flexibility index (Phi) is 25.4. The first-order chi connectivity index (χ1) is 57.7. The largest absolute Gasteiger partial charge is 0.465 e. The molecule has 13 rings (SSSR count). The average molecular weight is 1700 g/mol. The van der Waals surface area contributed by atoms with E-state index in [0.717, 1.165) is 22.3 Å². The highest BCUT2D eigenvalue weighted by Crippen LogP contribution is 2.50. The first kappa shape index (κ1) is 85.9. The molecule has 28 heteroatoms. The van der Waals surface area contributed by atoms with Gasteiger partial charge in [0.05, 0.1) is 52.9 Å². The van der Waals surface area contributed by atoms with Crippen LogP contribution in [-0.2, 0) is 124 Å². The molecular formula is C92H86Cl4N8O16. The van der Waals surface area contributed by atoms with Crippen molar-refractivity contribution in [1.29, 1.82) is 0 Å². The molecule has 0 amide bonds. The molecule has 2 N–H and O–H groups in total. The monoisotopic (exact) mass is 1700 g/mol. The van der Waals surface area contributed by atoms with Gasteiger partial charge in [-0.3, -0.25) is 38.4 Å². The predicted molar refractivity (Wildman–Crippen MR) is 455 cm³/mol. The van der Waals surface area contributed by atoms with Crippen molar-refractivity contribution in [3.63, 3.8) is 0 Å². The van der Waals surface area contributed by atoms with Crippen molar-refractivity contribution in [2.24, 2.45) is 0 Å². The Hall–Kier alpha value is -12.0. The second kappa shape index (κ2) is 35.5. The van der Waals surface area contributed by atoms with Gasteiger partial charge in [-0.2, -0.15) is 0 Å². The van der Waals surface area contributed by atoms with Crippen molar-refractivity contribution >= 4 is 138 Å². The number of rotatable bonds is 28. The first-order valence-electron chi connectivity index (χ1n) is 39.4. The Morgan fingerprint density at radius 2 is 0.467 bits per heavy atom. The summed E-state index contributed by atoms with van der Waals surface area (Å²) in [5, 5.41) is 0.102. The smallest absolute Gasteiger partial charge is 0.328 e. The quantitative estimate of drug-likeness (QED) is 0.0261. The summed E-state index contributed by atoms with van der Waals surface area (Å²) in [6.07, 6.45) is -1.24. The maximum absolute atomic E-state index is 15.3. The number of halogens is 4. The standard InChI is InChI=1S/C92H86Cl4N8O16/c1-13-113-81(105)89(82(106)114-14-2,45-53-33-25-21-29-49(53)9)65-37-57-61(41-69(65)93)77-97-73(57)101-78-62-42-70(94)66(90(83(107)115-15-3,84(108)116-16-4)46-54-34-26-22-30-50(54)10)38-58(62)75(98-78)103-80-64-44-72(96)68(92(87(111)119-19-7,88(112)120-20-8)48-56-36-28-24-32-52(56)12)40-60(64)76(100-80)104-79-63-43-71(95)67(39-59(63)74(99-79)102-77)91(85(109)117-17-5,86(110)118-18-6)47-55-35-27-23-31-51(55)11/h21-44H,13-20,45-48H2,1-12H3,(H2,97,98,99,100,101,102,103,104).